The summed E-state index contributed by atoms with van der Waals surface area (Å²) in [6, 6.07) is 6.20. The molecule has 10 heteroatoms. The van der Waals surface area contributed by atoms with E-state index in [0.29, 0.717) is 5.56 Å². The first-order chi connectivity index (χ1) is 12.4. The number of hydrogen-bond donors (Lipinski definition) is 3. The van der Waals surface area contributed by atoms with E-state index in [1.54, 1.807) is 12.1 Å². The number of benzene rings is 1. The van der Waals surface area contributed by atoms with Crippen molar-refractivity contribution in [3.63, 3.8) is 0 Å². The molecule has 0 unspecified atom stereocenters. The molecule has 1 aromatic carbocycles. The Balaban J connectivity index is 0.00000261. The van der Waals surface area contributed by atoms with E-state index in [2.05, 4.69) is 10.6 Å². The molecule has 2 amide bonds. The van der Waals surface area contributed by atoms with Crippen LogP contribution in [0.5, 0.6) is 0 Å². The summed E-state index contributed by atoms with van der Waals surface area (Å²) < 4.78 is 26.6. The van der Waals surface area contributed by atoms with Crippen LogP contribution >= 0.6 is 12.4 Å². The van der Waals surface area contributed by atoms with Crippen LogP contribution in [0.4, 0.5) is 0 Å². The normalized spacial score (nSPS) is 23.8. The van der Waals surface area contributed by atoms with Crippen molar-refractivity contribution in [1.82, 2.24) is 14.9 Å². The average molecular weight is 417 g/mol. The van der Waals surface area contributed by atoms with Gasteiger partial charge < -0.3 is 16.4 Å². The lowest BCUT2D eigenvalue weighted by atomic mass is 9.91. The van der Waals surface area contributed by atoms with Crippen LogP contribution in [0.15, 0.2) is 29.2 Å². The molecule has 1 heterocycles. The molecule has 8 nitrogen and oxygen atoms in total. The average Bonchev–Trinajstić information content (AvgIpc) is 2.63. The van der Waals surface area contributed by atoms with Gasteiger partial charge in [0.25, 0.3) is 5.91 Å². The molecule has 27 heavy (non-hydrogen) atoms. The van der Waals surface area contributed by atoms with Crippen LogP contribution in [0, 0.1) is 0 Å². The number of halogens is 1. The SMILES string of the molecule is Cl.NC1CCC(NC(=O)c2cccc(S(=O)(=O)N3CCNC(=O)C3)c2)CC1. The van der Waals surface area contributed by atoms with Crippen molar-refractivity contribution in [3.05, 3.63) is 29.8 Å². The second-order valence-corrected chi connectivity index (χ2v) is 8.74. The topological polar surface area (TPSA) is 122 Å². The molecule has 2 aliphatic rings. The fourth-order valence-electron chi connectivity index (χ4n) is 3.30. The predicted molar refractivity (Wildman–Crippen MR) is 103 cm³/mol. The minimum Gasteiger partial charge on any atom is -0.354 e. The van der Waals surface area contributed by atoms with Gasteiger partial charge in [-0.2, -0.15) is 4.31 Å². The molecule has 0 aromatic heterocycles. The number of nitrogens with zero attached hydrogens (tertiary/aromatic N) is 1. The van der Waals surface area contributed by atoms with Crippen molar-refractivity contribution < 1.29 is 18.0 Å². The molecule has 3 rings (SSSR count). The van der Waals surface area contributed by atoms with Gasteiger partial charge >= 0.3 is 0 Å². The van der Waals surface area contributed by atoms with Gasteiger partial charge in [0.05, 0.1) is 11.4 Å². The maximum absolute atomic E-state index is 12.7. The molecule has 1 saturated carbocycles. The van der Waals surface area contributed by atoms with Crippen LogP contribution in [-0.4, -0.2) is 56.3 Å². The van der Waals surface area contributed by atoms with Crippen molar-refractivity contribution in [1.29, 1.82) is 0 Å². The molecule has 0 radical (unpaired) electrons. The quantitative estimate of drug-likeness (QED) is 0.648. The number of amides is 2. The van der Waals surface area contributed by atoms with Gasteiger partial charge in [0, 0.05) is 30.7 Å². The highest BCUT2D eigenvalue weighted by Crippen LogP contribution is 2.20. The zero-order valence-electron chi connectivity index (χ0n) is 14.9. The fraction of sp³-hybridized carbons (Fsp3) is 0.529. The number of rotatable bonds is 4. The van der Waals surface area contributed by atoms with E-state index in [0.717, 1.165) is 30.0 Å². The summed E-state index contributed by atoms with van der Waals surface area (Å²) in [6.45, 7) is 0.288. The molecule has 1 aliphatic carbocycles. The van der Waals surface area contributed by atoms with Gasteiger partial charge in [-0.1, -0.05) is 6.07 Å². The van der Waals surface area contributed by atoms with Crippen molar-refractivity contribution >= 4 is 34.2 Å². The number of piperazine rings is 1. The molecular formula is C17H25ClN4O4S. The molecule has 0 bridgehead atoms. The number of hydrogen-bond acceptors (Lipinski definition) is 5. The second kappa shape index (κ2) is 9.01. The van der Waals surface area contributed by atoms with E-state index in [1.807, 2.05) is 0 Å². The zero-order chi connectivity index (χ0) is 18.7. The summed E-state index contributed by atoms with van der Waals surface area (Å²) in [7, 11) is -3.82. The van der Waals surface area contributed by atoms with Gasteiger partial charge in [-0.15, -0.1) is 12.4 Å². The Hall–Kier alpha value is -1.68. The minimum atomic E-state index is -3.82. The summed E-state index contributed by atoms with van der Waals surface area (Å²) in [5, 5.41) is 5.55. The summed E-state index contributed by atoms with van der Waals surface area (Å²) in [6.07, 6.45) is 3.40. The Morgan fingerprint density at radius 2 is 1.93 bits per heavy atom. The molecule has 150 valence electrons. The lowest BCUT2D eigenvalue weighted by Gasteiger charge is -2.27. The Labute approximate surface area is 165 Å². The van der Waals surface area contributed by atoms with E-state index in [4.69, 9.17) is 5.73 Å². The van der Waals surface area contributed by atoms with Gasteiger partial charge in [-0.05, 0) is 43.9 Å². The van der Waals surface area contributed by atoms with Crippen molar-refractivity contribution in [2.75, 3.05) is 19.6 Å². The van der Waals surface area contributed by atoms with Crippen LogP contribution in [0.1, 0.15) is 36.0 Å². The Bertz CT molecular complexity index is 794. The Morgan fingerprint density at radius 1 is 1.22 bits per heavy atom. The largest absolute Gasteiger partial charge is 0.354 e. The third kappa shape index (κ3) is 5.19. The van der Waals surface area contributed by atoms with E-state index in [9.17, 15) is 18.0 Å². The molecule has 1 saturated heterocycles. The van der Waals surface area contributed by atoms with Crippen LogP contribution in [-0.2, 0) is 14.8 Å². The smallest absolute Gasteiger partial charge is 0.251 e. The van der Waals surface area contributed by atoms with E-state index < -0.39 is 10.0 Å². The molecule has 2 fully saturated rings. The number of sulfonamides is 1. The molecule has 0 spiro atoms. The van der Waals surface area contributed by atoms with Crippen molar-refractivity contribution in [2.45, 2.75) is 42.7 Å². The number of nitrogens with one attached hydrogen (secondary N) is 2. The monoisotopic (exact) mass is 416 g/mol. The number of carbonyl (C=O) groups is 2. The summed E-state index contributed by atoms with van der Waals surface area (Å²) in [5.74, 6) is -0.622. The maximum atomic E-state index is 12.7. The lowest BCUT2D eigenvalue weighted by Crippen LogP contribution is -2.49. The van der Waals surface area contributed by atoms with E-state index in [-0.39, 0.29) is 60.8 Å². The predicted octanol–water partition coefficient (Wildman–Crippen LogP) is 0.229. The number of carbonyl (C=O) groups excluding carboxylic acids is 2. The summed E-state index contributed by atoms with van der Waals surface area (Å²) >= 11 is 0. The summed E-state index contributed by atoms with van der Waals surface area (Å²) in [5.41, 5.74) is 6.17. The fourth-order valence-corrected chi connectivity index (χ4v) is 4.74. The van der Waals surface area contributed by atoms with E-state index in [1.165, 1.54) is 12.1 Å². The van der Waals surface area contributed by atoms with Gasteiger partial charge in [0.15, 0.2) is 0 Å². The molecule has 1 aromatic rings. The third-order valence-electron chi connectivity index (χ3n) is 4.84. The first kappa shape index (κ1) is 21.6. The van der Waals surface area contributed by atoms with Crippen LogP contribution in [0.3, 0.4) is 0 Å². The number of nitrogens with two attached hydrogens (primary N) is 1. The molecule has 4 N–H and O–H groups in total. The zero-order valence-corrected chi connectivity index (χ0v) is 16.5. The van der Waals surface area contributed by atoms with Crippen LogP contribution in [0.2, 0.25) is 0 Å². The Morgan fingerprint density at radius 3 is 2.59 bits per heavy atom. The minimum absolute atomic E-state index is 0. The van der Waals surface area contributed by atoms with Gasteiger partial charge in [-0.25, -0.2) is 8.42 Å². The van der Waals surface area contributed by atoms with Crippen molar-refractivity contribution in [2.24, 2.45) is 5.73 Å². The van der Waals surface area contributed by atoms with E-state index >= 15 is 0 Å². The Kier molecular flexibility index (Phi) is 7.21. The second-order valence-electron chi connectivity index (χ2n) is 6.80. The standard InChI is InChI=1S/C17H24N4O4S.ClH/c18-13-4-6-14(7-5-13)20-17(23)12-2-1-3-15(10-12)26(24,25)21-9-8-19-16(22)11-21;/h1-3,10,13-14H,4-9,11,18H2,(H,19,22)(H,20,23);1H. The lowest BCUT2D eigenvalue weighted by molar-refractivity contribution is -0.122. The maximum Gasteiger partial charge on any atom is 0.251 e. The molecular weight excluding hydrogens is 392 g/mol. The summed E-state index contributed by atoms with van der Waals surface area (Å²) in [4.78, 5) is 24.0. The highest BCUT2D eigenvalue weighted by atomic mass is 35.5. The highest BCUT2D eigenvalue weighted by molar-refractivity contribution is 7.89. The third-order valence-corrected chi connectivity index (χ3v) is 6.69. The first-order valence-electron chi connectivity index (χ1n) is 8.79. The highest BCUT2D eigenvalue weighted by Gasteiger charge is 2.29. The van der Waals surface area contributed by atoms with Gasteiger partial charge in [0.2, 0.25) is 15.9 Å². The molecule has 1 aliphatic heterocycles. The first-order valence-corrected chi connectivity index (χ1v) is 10.2. The van der Waals surface area contributed by atoms with Gasteiger partial charge in [0.1, 0.15) is 0 Å². The van der Waals surface area contributed by atoms with Gasteiger partial charge in [-0.3, -0.25) is 9.59 Å². The van der Waals surface area contributed by atoms with Crippen LogP contribution < -0.4 is 16.4 Å². The van der Waals surface area contributed by atoms with Crippen molar-refractivity contribution in [3.8, 4) is 0 Å². The molecule has 0 atom stereocenters. The van der Waals surface area contributed by atoms with Crippen LogP contribution in [0.25, 0.3) is 0 Å².